The summed E-state index contributed by atoms with van der Waals surface area (Å²) in [4.78, 5) is 12.4. The Labute approximate surface area is 184 Å². The van der Waals surface area contributed by atoms with Crippen LogP contribution >= 0.6 is 23.4 Å². The van der Waals surface area contributed by atoms with E-state index in [2.05, 4.69) is 21.6 Å². The lowest BCUT2D eigenvalue weighted by Crippen LogP contribution is -2.14. The fraction of sp³-hybridized carbons (Fsp3) is 0.0870. The highest BCUT2D eigenvalue weighted by Gasteiger charge is 2.17. The van der Waals surface area contributed by atoms with Crippen molar-refractivity contribution in [3.8, 4) is 17.1 Å². The average Bonchev–Trinajstić information content (AvgIpc) is 3.17. The van der Waals surface area contributed by atoms with Gasteiger partial charge in [0, 0.05) is 22.0 Å². The van der Waals surface area contributed by atoms with Crippen LogP contribution in [0.1, 0.15) is 5.56 Å². The van der Waals surface area contributed by atoms with Crippen LogP contribution in [-0.4, -0.2) is 26.4 Å². The zero-order valence-electron chi connectivity index (χ0n) is 16.2. The van der Waals surface area contributed by atoms with Crippen LogP contribution in [0.5, 0.6) is 0 Å². The van der Waals surface area contributed by atoms with Crippen LogP contribution in [0.4, 0.5) is 5.69 Å². The molecule has 0 aliphatic heterocycles. The van der Waals surface area contributed by atoms with Gasteiger partial charge >= 0.3 is 0 Å². The molecule has 0 unspecified atom stereocenters. The molecule has 1 amide bonds. The molecule has 0 fully saturated rings. The van der Waals surface area contributed by atoms with Crippen LogP contribution in [0.3, 0.4) is 0 Å². The van der Waals surface area contributed by atoms with Crippen molar-refractivity contribution < 1.29 is 4.79 Å². The highest BCUT2D eigenvalue weighted by molar-refractivity contribution is 7.99. The van der Waals surface area contributed by atoms with Gasteiger partial charge in [-0.15, -0.1) is 10.2 Å². The number of thioether (sulfide) groups is 1. The maximum Gasteiger partial charge on any atom is 0.234 e. The topological polar surface area (TPSA) is 59.8 Å². The summed E-state index contributed by atoms with van der Waals surface area (Å²) in [6.07, 6.45) is 0. The van der Waals surface area contributed by atoms with Crippen LogP contribution in [0, 0.1) is 6.92 Å². The summed E-state index contributed by atoms with van der Waals surface area (Å²) in [5.74, 6) is 0.798. The Hall–Kier alpha value is -3.09. The van der Waals surface area contributed by atoms with Gasteiger partial charge in [-0.25, -0.2) is 0 Å². The number of carbonyl (C=O) groups excluding carboxylic acids is 1. The number of hydrogen-bond donors (Lipinski definition) is 1. The highest BCUT2D eigenvalue weighted by Crippen LogP contribution is 2.28. The van der Waals surface area contributed by atoms with E-state index in [4.69, 9.17) is 11.6 Å². The minimum Gasteiger partial charge on any atom is -0.325 e. The van der Waals surface area contributed by atoms with Crippen molar-refractivity contribution in [1.82, 2.24) is 14.8 Å². The largest absolute Gasteiger partial charge is 0.325 e. The number of anilines is 1. The second kappa shape index (κ2) is 9.15. The van der Waals surface area contributed by atoms with E-state index in [1.54, 1.807) is 24.3 Å². The molecule has 0 spiro atoms. The van der Waals surface area contributed by atoms with Crippen LogP contribution < -0.4 is 5.32 Å². The number of rotatable bonds is 6. The Morgan fingerprint density at radius 1 is 1.00 bits per heavy atom. The van der Waals surface area contributed by atoms with Gasteiger partial charge in [0.25, 0.3) is 0 Å². The zero-order valence-corrected chi connectivity index (χ0v) is 17.8. The summed E-state index contributed by atoms with van der Waals surface area (Å²) in [5, 5.41) is 12.9. The maximum absolute atomic E-state index is 12.4. The molecule has 0 aliphatic rings. The van der Waals surface area contributed by atoms with Gasteiger partial charge in [0.05, 0.1) is 5.75 Å². The van der Waals surface area contributed by atoms with Crippen LogP contribution in [0.15, 0.2) is 84.0 Å². The molecule has 30 heavy (non-hydrogen) atoms. The van der Waals surface area contributed by atoms with E-state index in [1.807, 2.05) is 60.0 Å². The third-order valence-corrected chi connectivity index (χ3v) is 5.53. The number of aromatic nitrogens is 3. The van der Waals surface area contributed by atoms with Crippen LogP contribution in [0.2, 0.25) is 5.02 Å². The number of carbonyl (C=O) groups is 1. The Balaban J connectivity index is 1.60. The number of amides is 1. The predicted octanol–water partition coefficient (Wildman–Crippen LogP) is 5.63. The minimum absolute atomic E-state index is 0.137. The van der Waals surface area contributed by atoms with E-state index in [1.165, 1.54) is 11.8 Å². The molecule has 4 aromatic rings. The average molecular weight is 435 g/mol. The summed E-state index contributed by atoms with van der Waals surface area (Å²) < 4.78 is 1.99. The Morgan fingerprint density at radius 3 is 2.57 bits per heavy atom. The quantitative estimate of drug-likeness (QED) is 0.400. The SMILES string of the molecule is Cc1cccc(-n2c(SCC(=O)Nc3cccc(Cl)c3)nnc2-c2ccccc2)c1. The van der Waals surface area contributed by atoms with E-state index in [-0.39, 0.29) is 11.7 Å². The molecule has 0 aliphatic carbocycles. The number of nitrogens with zero attached hydrogens (tertiary/aromatic N) is 3. The van der Waals surface area contributed by atoms with E-state index >= 15 is 0 Å². The molecule has 5 nitrogen and oxygen atoms in total. The van der Waals surface area contributed by atoms with Gasteiger partial charge in [-0.3, -0.25) is 9.36 Å². The molecular weight excluding hydrogens is 416 g/mol. The first-order chi connectivity index (χ1) is 14.6. The normalized spacial score (nSPS) is 10.7. The Bertz CT molecular complexity index is 1180. The molecule has 4 rings (SSSR count). The molecule has 0 saturated carbocycles. The smallest absolute Gasteiger partial charge is 0.234 e. The lowest BCUT2D eigenvalue weighted by Gasteiger charge is -2.11. The zero-order chi connectivity index (χ0) is 20.9. The minimum atomic E-state index is -0.137. The van der Waals surface area contributed by atoms with Crippen molar-refractivity contribution in [1.29, 1.82) is 0 Å². The van der Waals surface area contributed by atoms with Gasteiger partial charge in [-0.2, -0.15) is 0 Å². The van der Waals surface area contributed by atoms with E-state index < -0.39 is 0 Å². The molecule has 1 N–H and O–H groups in total. The molecule has 7 heteroatoms. The van der Waals surface area contributed by atoms with Gasteiger partial charge in [0.1, 0.15) is 0 Å². The molecule has 150 valence electrons. The standard InChI is InChI=1S/C23H19ClN4OS/c1-16-7-5-12-20(13-16)28-22(17-8-3-2-4-9-17)26-27-23(28)30-15-21(29)25-19-11-6-10-18(24)14-19/h2-14H,15H2,1H3,(H,25,29). The van der Waals surface area contributed by atoms with Crippen molar-refractivity contribution in [3.63, 3.8) is 0 Å². The molecule has 0 atom stereocenters. The molecule has 1 aromatic heterocycles. The molecule has 0 radical (unpaired) electrons. The van der Waals surface area contributed by atoms with Gasteiger partial charge in [-0.05, 0) is 42.8 Å². The molecular formula is C23H19ClN4OS. The van der Waals surface area contributed by atoms with Crippen molar-refractivity contribution in [2.75, 3.05) is 11.1 Å². The first kappa shape index (κ1) is 20.2. The monoisotopic (exact) mass is 434 g/mol. The van der Waals surface area contributed by atoms with Crippen molar-refractivity contribution in [2.45, 2.75) is 12.1 Å². The first-order valence-electron chi connectivity index (χ1n) is 9.36. The van der Waals surface area contributed by atoms with Crippen molar-refractivity contribution >= 4 is 35.0 Å². The summed E-state index contributed by atoms with van der Waals surface area (Å²) in [7, 11) is 0. The van der Waals surface area contributed by atoms with E-state index in [0.717, 1.165) is 22.6 Å². The van der Waals surface area contributed by atoms with Crippen molar-refractivity contribution in [3.05, 3.63) is 89.4 Å². The molecule has 1 heterocycles. The predicted molar refractivity (Wildman–Crippen MR) is 122 cm³/mol. The highest BCUT2D eigenvalue weighted by atomic mass is 35.5. The number of halogens is 1. The number of hydrogen-bond acceptors (Lipinski definition) is 4. The van der Waals surface area contributed by atoms with E-state index in [9.17, 15) is 4.79 Å². The van der Waals surface area contributed by atoms with Gasteiger partial charge < -0.3 is 5.32 Å². The maximum atomic E-state index is 12.4. The number of nitrogens with one attached hydrogen (secondary N) is 1. The van der Waals surface area contributed by atoms with Gasteiger partial charge in [-0.1, -0.05) is 71.9 Å². The third-order valence-electron chi connectivity index (χ3n) is 4.37. The fourth-order valence-electron chi connectivity index (χ4n) is 3.03. The number of benzene rings is 3. The lowest BCUT2D eigenvalue weighted by molar-refractivity contribution is -0.113. The van der Waals surface area contributed by atoms with E-state index in [0.29, 0.717) is 15.9 Å². The third kappa shape index (κ3) is 4.72. The second-order valence-corrected chi connectivity index (χ2v) is 8.07. The summed E-state index contributed by atoms with van der Waals surface area (Å²) in [6, 6.07) is 25.1. The van der Waals surface area contributed by atoms with Crippen LogP contribution in [-0.2, 0) is 4.79 Å². The number of aryl methyl sites for hydroxylation is 1. The lowest BCUT2D eigenvalue weighted by atomic mass is 10.2. The Morgan fingerprint density at radius 2 is 1.80 bits per heavy atom. The molecule has 0 saturated heterocycles. The first-order valence-corrected chi connectivity index (χ1v) is 10.7. The summed E-state index contributed by atoms with van der Waals surface area (Å²) in [6.45, 7) is 2.04. The van der Waals surface area contributed by atoms with Gasteiger partial charge in [0.15, 0.2) is 11.0 Å². The van der Waals surface area contributed by atoms with Crippen molar-refractivity contribution in [2.24, 2.45) is 0 Å². The van der Waals surface area contributed by atoms with Crippen LogP contribution in [0.25, 0.3) is 17.1 Å². The second-order valence-electron chi connectivity index (χ2n) is 6.69. The molecule has 3 aromatic carbocycles. The fourth-order valence-corrected chi connectivity index (χ4v) is 3.97. The van der Waals surface area contributed by atoms with Gasteiger partial charge in [0.2, 0.25) is 5.91 Å². The Kier molecular flexibility index (Phi) is 6.16. The summed E-state index contributed by atoms with van der Waals surface area (Å²) in [5.41, 5.74) is 3.71. The summed E-state index contributed by atoms with van der Waals surface area (Å²) >= 11 is 7.32. The molecule has 0 bridgehead atoms.